The Morgan fingerprint density at radius 1 is 1.00 bits per heavy atom. The zero-order valence-electron chi connectivity index (χ0n) is 15.8. The predicted octanol–water partition coefficient (Wildman–Crippen LogP) is 4.74. The van der Waals surface area contributed by atoms with E-state index in [-0.39, 0.29) is 0 Å². The van der Waals surface area contributed by atoms with Crippen LogP contribution in [0.2, 0.25) is 0 Å². The maximum atomic E-state index is 9.51. The lowest BCUT2D eigenvalue weighted by Crippen LogP contribution is -2.00. The number of hydrogen-bond acceptors (Lipinski definition) is 5. The Bertz CT molecular complexity index is 968. The second-order valence-electron chi connectivity index (χ2n) is 5.91. The number of pyridine rings is 1. The summed E-state index contributed by atoms with van der Waals surface area (Å²) in [5.74, 6) is 1.57. The van der Waals surface area contributed by atoms with Crippen molar-refractivity contribution in [3.63, 3.8) is 0 Å². The Hall–Kier alpha value is -3.78. The van der Waals surface area contributed by atoms with Crippen molar-refractivity contribution >= 4 is 11.6 Å². The van der Waals surface area contributed by atoms with E-state index in [1.54, 1.807) is 32.6 Å². The summed E-state index contributed by atoms with van der Waals surface area (Å²) in [5, 5.41) is 9.51. The molecule has 2 aromatic carbocycles. The van der Waals surface area contributed by atoms with Gasteiger partial charge in [-0.25, -0.2) is 0 Å². The molecule has 0 bridgehead atoms. The lowest BCUT2D eigenvalue weighted by molar-refractivity contribution is 0.266. The van der Waals surface area contributed by atoms with Gasteiger partial charge in [0.25, 0.3) is 0 Å². The highest BCUT2D eigenvalue weighted by Gasteiger charge is 2.15. The maximum Gasteiger partial charge on any atom is 0.203 e. The van der Waals surface area contributed by atoms with E-state index in [1.165, 1.54) is 0 Å². The smallest absolute Gasteiger partial charge is 0.203 e. The van der Waals surface area contributed by atoms with Gasteiger partial charge in [-0.1, -0.05) is 36.4 Å². The summed E-state index contributed by atoms with van der Waals surface area (Å²) in [4.78, 5) is 4.23. The van der Waals surface area contributed by atoms with Gasteiger partial charge < -0.3 is 14.2 Å². The van der Waals surface area contributed by atoms with Crippen LogP contribution in [0.15, 0.2) is 66.9 Å². The third-order valence-electron chi connectivity index (χ3n) is 4.08. The minimum Gasteiger partial charge on any atom is -0.493 e. The number of rotatable bonds is 7. The molecule has 5 heteroatoms. The van der Waals surface area contributed by atoms with E-state index in [9.17, 15) is 5.26 Å². The fourth-order valence-corrected chi connectivity index (χ4v) is 2.71. The zero-order chi connectivity index (χ0) is 19.8. The molecular formula is C23H20N2O3. The highest BCUT2D eigenvalue weighted by Crippen LogP contribution is 2.39. The Morgan fingerprint density at radius 3 is 2.25 bits per heavy atom. The number of hydrogen-bond donors (Lipinski definition) is 0. The van der Waals surface area contributed by atoms with Crippen LogP contribution in [-0.4, -0.2) is 19.2 Å². The number of benzene rings is 2. The summed E-state index contributed by atoms with van der Waals surface area (Å²) >= 11 is 0. The van der Waals surface area contributed by atoms with Crippen LogP contribution in [0.25, 0.3) is 11.6 Å². The van der Waals surface area contributed by atoms with E-state index in [2.05, 4.69) is 11.1 Å². The van der Waals surface area contributed by atoms with Crippen molar-refractivity contribution in [1.82, 2.24) is 4.98 Å². The molecule has 28 heavy (non-hydrogen) atoms. The molecule has 0 saturated heterocycles. The summed E-state index contributed by atoms with van der Waals surface area (Å²) in [6.07, 6.45) is 3.40. The fraction of sp³-hybridized carbons (Fsp3) is 0.130. The Morgan fingerprint density at radius 2 is 1.68 bits per heavy atom. The summed E-state index contributed by atoms with van der Waals surface area (Å²) < 4.78 is 17.0. The van der Waals surface area contributed by atoms with Gasteiger partial charge in [-0.3, -0.25) is 4.98 Å². The number of allylic oxidation sites excluding steroid dienone is 1. The van der Waals surface area contributed by atoms with Crippen molar-refractivity contribution in [1.29, 1.82) is 5.26 Å². The SMILES string of the molecule is COc1cc(/C=C(\C#N)c2ccccn2)cc(OC)c1OCc1ccccc1. The molecule has 0 amide bonds. The molecule has 0 aliphatic heterocycles. The van der Waals surface area contributed by atoms with Gasteiger partial charge in [0.15, 0.2) is 11.5 Å². The average Bonchev–Trinajstić information content (AvgIpc) is 2.77. The molecule has 0 N–H and O–H groups in total. The summed E-state index contributed by atoms with van der Waals surface area (Å²) in [6.45, 7) is 0.389. The summed E-state index contributed by atoms with van der Waals surface area (Å²) in [6, 6.07) is 21.1. The molecule has 3 rings (SSSR count). The van der Waals surface area contributed by atoms with E-state index in [4.69, 9.17) is 14.2 Å². The van der Waals surface area contributed by atoms with Gasteiger partial charge in [0.1, 0.15) is 12.7 Å². The lowest BCUT2D eigenvalue weighted by atomic mass is 10.1. The van der Waals surface area contributed by atoms with Crippen molar-refractivity contribution in [2.45, 2.75) is 6.61 Å². The maximum absolute atomic E-state index is 9.51. The van der Waals surface area contributed by atoms with Crippen molar-refractivity contribution in [3.8, 4) is 23.3 Å². The van der Waals surface area contributed by atoms with Gasteiger partial charge in [-0.05, 0) is 41.5 Å². The lowest BCUT2D eigenvalue weighted by Gasteiger charge is -2.15. The van der Waals surface area contributed by atoms with Crippen LogP contribution >= 0.6 is 0 Å². The van der Waals surface area contributed by atoms with Gasteiger partial charge in [0.05, 0.1) is 25.5 Å². The number of ether oxygens (including phenoxy) is 3. The van der Waals surface area contributed by atoms with Crippen molar-refractivity contribution < 1.29 is 14.2 Å². The van der Waals surface area contributed by atoms with Crippen molar-refractivity contribution in [2.24, 2.45) is 0 Å². The molecule has 5 nitrogen and oxygen atoms in total. The van der Waals surface area contributed by atoms with Crippen LogP contribution in [0, 0.1) is 11.3 Å². The van der Waals surface area contributed by atoms with Gasteiger partial charge in [0.2, 0.25) is 5.75 Å². The third-order valence-corrected chi connectivity index (χ3v) is 4.08. The summed E-state index contributed by atoms with van der Waals surface area (Å²) in [7, 11) is 3.14. The second kappa shape index (κ2) is 9.24. The molecule has 0 spiro atoms. The highest BCUT2D eigenvalue weighted by molar-refractivity contribution is 5.88. The van der Waals surface area contributed by atoms with Gasteiger partial charge in [-0.2, -0.15) is 5.26 Å². The van der Waals surface area contributed by atoms with E-state index in [1.807, 2.05) is 54.6 Å². The van der Waals surface area contributed by atoms with E-state index >= 15 is 0 Å². The first kappa shape index (κ1) is 19.0. The third kappa shape index (κ3) is 4.49. The molecular weight excluding hydrogens is 352 g/mol. The standard InChI is InChI=1S/C23H20N2O3/c1-26-21-13-18(12-19(15-24)20-10-6-7-11-25-20)14-22(27-2)23(21)28-16-17-8-4-3-5-9-17/h3-14H,16H2,1-2H3/b19-12+. The average molecular weight is 372 g/mol. The van der Waals surface area contributed by atoms with Crippen LogP contribution in [0.1, 0.15) is 16.8 Å². The Kier molecular flexibility index (Phi) is 6.27. The highest BCUT2D eigenvalue weighted by atomic mass is 16.5. The minimum absolute atomic E-state index is 0.389. The number of nitriles is 1. The topological polar surface area (TPSA) is 64.4 Å². The molecule has 0 aliphatic rings. The van der Waals surface area contributed by atoms with E-state index in [0.717, 1.165) is 11.1 Å². The molecule has 0 atom stereocenters. The number of aromatic nitrogens is 1. The fourth-order valence-electron chi connectivity index (χ4n) is 2.71. The molecule has 0 aliphatic carbocycles. The molecule has 1 aromatic heterocycles. The minimum atomic E-state index is 0.389. The molecule has 3 aromatic rings. The largest absolute Gasteiger partial charge is 0.493 e. The van der Waals surface area contributed by atoms with Crippen molar-refractivity contribution in [2.75, 3.05) is 14.2 Å². The molecule has 140 valence electrons. The molecule has 0 fully saturated rings. The molecule has 1 heterocycles. The monoisotopic (exact) mass is 372 g/mol. The first-order valence-corrected chi connectivity index (χ1v) is 8.71. The number of methoxy groups -OCH3 is 2. The van der Waals surface area contributed by atoms with Crippen LogP contribution in [0.3, 0.4) is 0 Å². The van der Waals surface area contributed by atoms with Crippen LogP contribution < -0.4 is 14.2 Å². The van der Waals surface area contributed by atoms with Crippen LogP contribution in [0.4, 0.5) is 0 Å². The van der Waals surface area contributed by atoms with Crippen molar-refractivity contribution in [3.05, 3.63) is 83.7 Å². The molecule has 0 radical (unpaired) electrons. The van der Waals surface area contributed by atoms with Crippen LogP contribution in [-0.2, 0) is 6.61 Å². The van der Waals surface area contributed by atoms with E-state index < -0.39 is 0 Å². The Balaban J connectivity index is 1.94. The first-order valence-electron chi connectivity index (χ1n) is 8.71. The normalized spacial score (nSPS) is 10.8. The molecule has 0 unspecified atom stereocenters. The van der Waals surface area contributed by atoms with Gasteiger partial charge in [0, 0.05) is 6.20 Å². The van der Waals surface area contributed by atoms with Gasteiger partial charge >= 0.3 is 0 Å². The number of nitrogens with zero attached hydrogens (tertiary/aromatic N) is 2. The van der Waals surface area contributed by atoms with Gasteiger partial charge in [-0.15, -0.1) is 0 Å². The predicted molar refractivity (Wildman–Crippen MR) is 108 cm³/mol. The quantitative estimate of drug-likeness (QED) is 0.561. The van der Waals surface area contributed by atoms with Crippen LogP contribution in [0.5, 0.6) is 17.2 Å². The Labute approximate surface area is 164 Å². The molecule has 0 saturated carbocycles. The first-order chi connectivity index (χ1) is 13.7. The second-order valence-corrected chi connectivity index (χ2v) is 5.91. The summed E-state index contributed by atoms with van der Waals surface area (Å²) in [5.41, 5.74) is 2.84. The van der Waals surface area contributed by atoms with E-state index in [0.29, 0.717) is 35.1 Å². The zero-order valence-corrected chi connectivity index (χ0v) is 15.8.